The SMILES string of the molecule is O=C(O)C=Cc1ccc(C2CCCCN2)cc1. The van der Waals surface area contributed by atoms with Crippen LogP contribution in [0.3, 0.4) is 0 Å². The zero-order valence-electron chi connectivity index (χ0n) is 9.73. The van der Waals surface area contributed by atoms with E-state index in [4.69, 9.17) is 5.11 Å². The third kappa shape index (κ3) is 3.43. The molecule has 1 atom stereocenters. The summed E-state index contributed by atoms with van der Waals surface area (Å²) in [6, 6.07) is 8.53. The largest absolute Gasteiger partial charge is 0.478 e. The van der Waals surface area contributed by atoms with Gasteiger partial charge in [0.05, 0.1) is 0 Å². The Balaban J connectivity index is 2.04. The summed E-state index contributed by atoms with van der Waals surface area (Å²) in [5.41, 5.74) is 2.21. The van der Waals surface area contributed by atoms with Crippen LogP contribution in [0, 0.1) is 0 Å². The molecule has 1 aliphatic heterocycles. The molecular formula is C14H17NO2. The van der Waals surface area contributed by atoms with Gasteiger partial charge in [-0.15, -0.1) is 0 Å². The summed E-state index contributed by atoms with van der Waals surface area (Å²) in [4.78, 5) is 10.4. The minimum absolute atomic E-state index is 0.459. The van der Waals surface area contributed by atoms with E-state index in [9.17, 15) is 4.79 Å². The van der Waals surface area contributed by atoms with E-state index in [0.29, 0.717) is 6.04 Å². The van der Waals surface area contributed by atoms with Gasteiger partial charge in [0.25, 0.3) is 0 Å². The molecule has 2 rings (SSSR count). The second-order valence-electron chi connectivity index (χ2n) is 4.34. The summed E-state index contributed by atoms with van der Waals surface area (Å²) in [6.45, 7) is 1.09. The lowest BCUT2D eigenvalue weighted by molar-refractivity contribution is -0.131. The van der Waals surface area contributed by atoms with Gasteiger partial charge in [-0.3, -0.25) is 0 Å². The Morgan fingerprint density at radius 3 is 2.65 bits per heavy atom. The van der Waals surface area contributed by atoms with Crippen molar-refractivity contribution >= 4 is 12.0 Å². The quantitative estimate of drug-likeness (QED) is 0.786. The smallest absolute Gasteiger partial charge is 0.328 e. The van der Waals surface area contributed by atoms with Crippen molar-refractivity contribution in [1.29, 1.82) is 0 Å². The van der Waals surface area contributed by atoms with Crippen LogP contribution in [0.15, 0.2) is 30.3 Å². The number of carbonyl (C=O) groups is 1. The van der Waals surface area contributed by atoms with Gasteiger partial charge in [0.2, 0.25) is 0 Å². The molecular weight excluding hydrogens is 214 g/mol. The average Bonchev–Trinajstić information content (AvgIpc) is 2.38. The van der Waals surface area contributed by atoms with E-state index in [1.807, 2.05) is 12.1 Å². The number of piperidine rings is 1. The van der Waals surface area contributed by atoms with Gasteiger partial charge in [0.1, 0.15) is 0 Å². The third-order valence-electron chi connectivity index (χ3n) is 3.07. The van der Waals surface area contributed by atoms with Crippen molar-refractivity contribution in [1.82, 2.24) is 5.32 Å². The molecule has 2 N–H and O–H groups in total. The Labute approximate surface area is 101 Å². The van der Waals surface area contributed by atoms with Crippen LogP contribution in [0.4, 0.5) is 0 Å². The second-order valence-corrected chi connectivity index (χ2v) is 4.34. The van der Waals surface area contributed by atoms with E-state index in [1.165, 1.54) is 24.8 Å². The summed E-state index contributed by atoms with van der Waals surface area (Å²) < 4.78 is 0. The number of benzene rings is 1. The number of aliphatic carboxylic acids is 1. The maximum Gasteiger partial charge on any atom is 0.328 e. The predicted octanol–water partition coefficient (Wildman–Crippen LogP) is 2.60. The summed E-state index contributed by atoms with van der Waals surface area (Å²) in [6.07, 6.45) is 6.49. The van der Waals surface area contributed by atoms with Crippen LogP contribution in [-0.2, 0) is 4.79 Å². The topological polar surface area (TPSA) is 49.3 Å². The Morgan fingerprint density at radius 2 is 2.06 bits per heavy atom. The number of nitrogens with one attached hydrogen (secondary N) is 1. The molecule has 1 saturated heterocycles. The predicted molar refractivity (Wildman–Crippen MR) is 67.7 cm³/mol. The fraction of sp³-hybridized carbons (Fsp3) is 0.357. The van der Waals surface area contributed by atoms with Crippen molar-refractivity contribution in [2.24, 2.45) is 0 Å². The fourth-order valence-electron chi connectivity index (χ4n) is 2.14. The Bertz CT molecular complexity index is 403. The van der Waals surface area contributed by atoms with E-state index < -0.39 is 5.97 Å². The molecule has 0 aromatic heterocycles. The van der Waals surface area contributed by atoms with Crippen molar-refractivity contribution in [2.75, 3.05) is 6.54 Å². The Kier molecular flexibility index (Phi) is 3.94. The maximum absolute atomic E-state index is 10.4. The zero-order valence-corrected chi connectivity index (χ0v) is 9.73. The van der Waals surface area contributed by atoms with Gasteiger partial charge in [-0.2, -0.15) is 0 Å². The van der Waals surface area contributed by atoms with Crippen molar-refractivity contribution in [2.45, 2.75) is 25.3 Å². The highest BCUT2D eigenvalue weighted by Crippen LogP contribution is 2.23. The molecule has 0 radical (unpaired) electrons. The number of hydrogen-bond acceptors (Lipinski definition) is 2. The molecule has 1 heterocycles. The van der Waals surface area contributed by atoms with Gasteiger partial charge < -0.3 is 10.4 Å². The van der Waals surface area contributed by atoms with Crippen LogP contribution in [0.5, 0.6) is 0 Å². The molecule has 3 nitrogen and oxygen atoms in total. The normalized spacial score (nSPS) is 20.6. The van der Waals surface area contributed by atoms with Crippen LogP contribution in [0.25, 0.3) is 6.08 Å². The molecule has 1 aliphatic rings. The molecule has 0 aliphatic carbocycles. The highest BCUT2D eigenvalue weighted by Gasteiger charge is 2.13. The Morgan fingerprint density at radius 1 is 1.29 bits per heavy atom. The number of hydrogen-bond donors (Lipinski definition) is 2. The molecule has 0 spiro atoms. The van der Waals surface area contributed by atoms with Gasteiger partial charge in [-0.05, 0) is 36.6 Å². The lowest BCUT2D eigenvalue weighted by Gasteiger charge is -2.23. The van der Waals surface area contributed by atoms with E-state index in [2.05, 4.69) is 17.4 Å². The third-order valence-corrected chi connectivity index (χ3v) is 3.07. The fourth-order valence-corrected chi connectivity index (χ4v) is 2.14. The molecule has 1 unspecified atom stereocenters. The number of carboxylic acids is 1. The van der Waals surface area contributed by atoms with Crippen molar-refractivity contribution < 1.29 is 9.90 Å². The number of rotatable bonds is 3. The van der Waals surface area contributed by atoms with Gasteiger partial charge in [-0.1, -0.05) is 30.7 Å². The van der Waals surface area contributed by atoms with Gasteiger partial charge in [0, 0.05) is 12.1 Å². The molecule has 0 amide bonds. The van der Waals surface area contributed by atoms with E-state index in [-0.39, 0.29) is 0 Å². The minimum atomic E-state index is -0.914. The van der Waals surface area contributed by atoms with Crippen LogP contribution < -0.4 is 5.32 Å². The van der Waals surface area contributed by atoms with E-state index >= 15 is 0 Å². The average molecular weight is 231 g/mol. The van der Waals surface area contributed by atoms with Crippen molar-refractivity contribution in [3.63, 3.8) is 0 Å². The number of carboxylic acid groups (broad SMARTS) is 1. The summed E-state index contributed by atoms with van der Waals surface area (Å²) in [7, 11) is 0. The first-order chi connectivity index (χ1) is 8.25. The minimum Gasteiger partial charge on any atom is -0.478 e. The molecule has 3 heteroatoms. The second kappa shape index (κ2) is 5.64. The summed E-state index contributed by atoms with van der Waals surface area (Å²) in [5, 5.41) is 12.0. The first-order valence-electron chi connectivity index (χ1n) is 6.00. The molecule has 90 valence electrons. The van der Waals surface area contributed by atoms with Crippen LogP contribution in [0.1, 0.15) is 36.4 Å². The molecule has 17 heavy (non-hydrogen) atoms. The first kappa shape index (κ1) is 11.9. The molecule has 1 fully saturated rings. The van der Waals surface area contributed by atoms with Crippen LogP contribution >= 0.6 is 0 Å². The maximum atomic E-state index is 10.4. The van der Waals surface area contributed by atoms with Crippen LogP contribution in [0.2, 0.25) is 0 Å². The van der Waals surface area contributed by atoms with Gasteiger partial charge in [-0.25, -0.2) is 4.79 Å². The van der Waals surface area contributed by atoms with Gasteiger partial charge in [0.15, 0.2) is 0 Å². The molecule has 1 aromatic carbocycles. The lowest BCUT2D eigenvalue weighted by Crippen LogP contribution is -2.26. The molecule has 0 bridgehead atoms. The van der Waals surface area contributed by atoms with Crippen molar-refractivity contribution in [3.05, 3.63) is 41.5 Å². The highest BCUT2D eigenvalue weighted by molar-refractivity contribution is 5.85. The molecule has 0 saturated carbocycles. The Hall–Kier alpha value is -1.61. The zero-order chi connectivity index (χ0) is 12.1. The van der Waals surface area contributed by atoms with Crippen molar-refractivity contribution in [3.8, 4) is 0 Å². The molecule has 1 aromatic rings. The highest BCUT2D eigenvalue weighted by atomic mass is 16.4. The summed E-state index contributed by atoms with van der Waals surface area (Å²) >= 11 is 0. The van der Waals surface area contributed by atoms with Crippen LogP contribution in [-0.4, -0.2) is 17.6 Å². The van der Waals surface area contributed by atoms with Gasteiger partial charge >= 0.3 is 5.97 Å². The standard InChI is InChI=1S/C14H17NO2/c16-14(17)9-6-11-4-7-12(8-5-11)13-3-1-2-10-15-13/h4-9,13,15H,1-3,10H2,(H,16,17). The monoisotopic (exact) mass is 231 g/mol. The first-order valence-corrected chi connectivity index (χ1v) is 6.00. The van der Waals surface area contributed by atoms with E-state index in [0.717, 1.165) is 18.2 Å². The van der Waals surface area contributed by atoms with E-state index in [1.54, 1.807) is 6.08 Å². The lowest BCUT2D eigenvalue weighted by atomic mass is 9.97. The summed E-state index contributed by atoms with van der Waals surface area (Å²) in [5.74, 6) is -0.914.